The summed E-state index contributed by atoms with van der Waals surface area (Å²) in [5, 5.41) is -0.193. The molecule has 1 aliphatic carbocycles. The van der Waals surface area contributed by atoms with Gasteiger partial charge in [-0.15, -0.1) is 0 Å². The number of nitrogens with two attached hydrogens (primary N) is 1. The molecule has 3 atom stereocenters. The Hall–Kier alpha value is -3.11. The normalized spacial score (nSPS) is 22.5. The van der Waals surface area contributed by atoms with Crippen molar-refractivity contribution in [2.45, 2.75) is 6.04 Å². The third-order valence-corrected chi connectivity index (χ3v) is 7.34. The summed E-state index contributed by atoms with van der Waals surface area (Å²) in [4.78, 5) is 27.1. The van der Waals surface area contributed by atoms with E-state index in [4.69, 9.17) is 5.73 Å². The quantitative estimate of drug-likeness (QED) is 0.498. The highest BCUT2D eigenvalue weighted by molar-refractivity contribution is 7.14. The van der Waals surface area contributed by atoms with Crippen LogP contribution in [0.15, 0.2) is 40.1 Å². The summed E-state index contributed by atoms with van der Waals surface area (Å²) in [6.45, 7) is 1.20. The number of benzene rings is 1. The number of H-pyrrole nitrogens is 1. The number of anilines is 1. The lowest BCUT2D eigenvalue weighted by Crippen LogP contribution is -2.29. The number of rotatable bonds is 2. The number of hydrogen-bond acceptors (Lipinski definition) is 5. The second-order valence-electron chi connectivity index (χ2n) is 8.11. The van der Waals surface area contributed by atoms with E-state index < -0.39 is 28.6 Å². The van der Waals surface area contributed by atoms with Crippen molar-refractivity contribution >= 4 is 32.8 Å². The number of fused-ring (bicyclic) bond motifs is 3. The van der Waals surface area contributed by atoms with Crippen molar-refractivity contribution in [3.05, 3.63) is 68.6 Å². The van der Waals surface area contributed by atoms with Gasteiger partial charge in [0, 0.05) is 36.3 Å². The summed E-state index contributed by atoms with van der Waals surface area (Å²) in [5.74, 6) is -1.60. The molecule has 1 aromatic carbocycles. The van der Waals surface area contributed by atoms with Gasteiger partial charge in [-0.05, 0) is 30.0 Å². The maximum absolute atomic E-state index is 15.0. The molecule has 10 heteroatoms. The van der Waals surface area contributed by atoms with E-state index in [1.54, 1.807) is 0 Å². The van der Waals surface area contributed by atoms with Gasteiger partial charge in [-0.2, -0.15) is 0 Å². The third-order valence-electron chi connectivity index (χ3n) is 6.44. The predicted molar refractivity (Wildman–Crippen MR) is 112 cm³/mol. The number of aromatic amines is 1. The van der Waals surface area contributed by atoms with Crippen molar-refractivity contribution in [3.8, 4) is 11.1 Å². The summed E-state index contributed by atoms with van der Waals surface area (Å²) in [5.41, 5.74) is 5.42. The van der Waals surface area contributed by atoms with Crippen LogP contribution < -0.4 is 21.8 Å². The Morgan fingerprint density at radius 1 is 1.06 bits per heavy atom. The largest absolute Gasteiger partial charge is 0.368 e. The maximum atomic E-state index is 15.0. The Balaban J connectivity index is 1.69. The Morgan fingerprint density at radius 2 is 1.81 bits per heavy atom. The van der Waals surface area contributed by atoms with Crippen LogP contribution in [0.1, 0.15) is 0 Å². The minimum absolute atomic E-state index is 0.0167. The summed E-state index contributed by atoms with van der Waals surface area (Å²) >= 11 is 0.892. The van der Waals surface area contributed by atoms with E-state index in [9.17, 15) is 18.4 Å². The van der Waals surface area contributed by atoms with E-state index in [2.05, 4.69) is 4.37 Å². The summed E-state index contributed by atoms with van der Waals surface area (Å²) in [6, 6.07) is 4.71. The zero-order valence-corrected chi connectivity index (χ0v) is 16.7. The fraction of sp³-hybridized carbons (Fsp3) is 0.238. The summed E-state index contributed by atoms with van der Waals surface area (Å²) in [6.07, 6.45) is 1.03. The summed E-state index contributed by atoms with van der Waals surface area (Å²) < 4.78 is 47.1. The second-order valence-corrected chi connectivity index (χ2v) is 8.93. The van der Waals surface area contributed by atoms with Crippen molar-refractivity contribution in [1.82, 2.24) is 8.77 Å². The molecule has 6 rings (SSSR count). The highest BCUT2D eigenvalue weighted by Crippen LogP contribution is 2.46. The standard InChI is InChI=1S/C21H15F3N4O2S/c22-8-1-2-9(12(23)3-8)16-15-4-14(27-5-10-11(6-27)18(10)25)13(24)7-28(15)21(30)17-19(16)31-26-20(17)29/h1-4,7,10-11,18H,5-6,25H2,(H,26,29)/t10-,11+,18-. The topological polar surface area (TPSA) is 83.6 Å². The lowest BCUT2D eigenvalue weighted by atomic mass is 10.0. The highest BCUT2D eigenvalue weighted by atomic mass is 32.1. The van der Waals surface area contributed by atoms with Crippen LogP contribution in [-0.2, 0) is 0 Å². The first-order valence-corrected chi connectivity index (χ1v) is 10.5. The molecular formula is C21H15F3N4O2S. The zero-order valence-electron chi connectivity index (χ0n) is 15.9. The van der Waals surface area contributed by atoms with Crippen LogP contribution in [0.25, 0.3) is 26.7 Å². The number of nitrogens with one attached hydrogen (secondary N) is 1. The molecule has 2 fully saturated rings. The van der Waals surface area contributed by atoms with Crippen LogP contribution in [0.4, 0.5) is 18.9 Å². The first-order chi connectivity index (χ1) is 14.8. The number of piperidine rings is 1. The average Bonchev–Trinajstić information content (AvgIpc) is 3.09. The fourth-order valence-electron chi connectivity index (χ4n) is 4.75. The smallest absolute Gasteiger partial charge is 0.271 e. The summed E-state index contributed by atoms with van der Waals surface area (Å²) in [7, 11) is 0. The number of aromatic nitrogens is 2. The van der Waals surface area contributed by atoms with Crippen molar-refractivity contribution < 1.29 is 13.2 Å². The first-order valence-electron chi connectivity index (χ1n) is 9.70. The van der Waals surface area contributed by atoms with Gasteiger partial charge in [0.05, 0.1) is 22.1 Å². The van der Waals surface area contributed by atoms with Crippen LogP contribution in [0.2, 0.25) is 0 Å². The number of halogens is 3. The van der Waals surface area contributed by atoms with Crippen molar-refractivity contribution in [2.75, 3.05) is 18.0 Å². The molecule has 4 heterocycles. The Kier molecular flexibility index (Phi) is 3.73. The number of nitrogens with zero attached hydrogens (tertiary/aromatic N) is 2. The molecular weight excluding hydrogens is 429 g/mol. The molecule has 1 saturated heterocycles. The lowest BCUT2D eigenvalue weighted by Gasteiger charge is -2.23. The van der Waals surface area contributed by atoms with Gasteiger partial charge in [0.25, 0.3) is 11.1 Å². The van der Waals surface area contributed by atoms with Crippen LogP contribution in [0, 0.1) is 29.3 Å². The molecule has 4 aromatic rings. The number of pyridine rings is 2. The molecule has 0 unspecified atom stereocenters. The average molecular weight is 444 g/mol. The Morgan fingerprint density at radius 3 is 2.52 bits per heavy atom. The zero-order chi connectivity index (χ0) is 21.6. The predicted octanol–water partition coefficient (Wildman–Crippen LogP) is 2.68. The van der Waals surface area contributed by atoms with Crippen molar-refractivity contribution in [2.24, 2.45) is 17.6 Å². The molecule has 1 saturated carbocycles. The Labute approximate surface area is 176 Å². The second kappa shape index (κ2) is 6.21. The molecule has 2 aliphatic rings. The monoisotopic (exact) mass is 444 g/mol. The van der Waals surface area contributed by atoms with E-state index in [0.29, 0.717) is 24.9 Å². The van der Waals surface area contributed by atoms with Gasteiger partial charge in [0.15, 0.2) is 5.82 Å². The van der Waals surface area contributed by atoms with Gasteiger partial charge in [-0.1, -0.05) is 11.5 Å². The van der Waals surface area contributed by atoms with Gasteiger partial charge >= 0.3 is 0 Å². The van der Waals surface area contributed by atoms with Gasteiger partial charge in [0.2, 0.25) is 0 Å². The fourth-order valence-corrected chi connectivity index (χ4v) is 5.65. The minimum Gasteiger partial charge on any atom is -0.368 e. The van der Waals surface area contributed by atoms with E-state index >= 15 is 4.39 Å². The van der Waals surface area contributed by atoms with Gasteiger partial charge in [-0.25, -0.2) is 13.2 Å². The molecule has 0 radical (unpaired) electrons. The molecule has 1 aliphatic heterocycles. The number of hydrogen-bond donors (Lipinski definition) is 2. The van der Waals surface area contributed by atoms with Crippen molar-refractivity contribution in [1.29, 1.82) is 0 Å². The molecule has 31 heavy (non-hydrogen) atoms. The van der Waals surface area contributed by atoms with E-state index in [0.717, 1.165) is 34.3 Å². The van der Waals surface area contributed by atoms with Gasteiger partial charge < -0.3 is 10.6 Å². The van der Waals surface area contributed by atoms with E-state index in [1.165, 1.54) is 12.1 Å². The van der Waals surface area contributed by atoms with Crippen LogP contribution >= 0.6 is 11.5 Å². The molecule has 3 aromatic heterocycles. The lowest BCUT2D eigenvalue weighted by molar-refractivity contribution is 0.585. The van der Waals surface area contributed by atoms with Gasteiger partial charge in [0.1, 0.15) is 17.0 Å². The third kappa shape index (κ3) is 2.55. The SMILES string of the molecule is N[C@H]1[C@H]2CN(c3cc4c(-c5ccc(F)cc5F)c5s[nH]c(=O)c5c(=O)n4cc3F)C[C@@H]12. The maximum Gasteiger partial charge on any atom is 0.271 e. The van der Waals surface area contributed by atoms with Gasteiger partial charge in [-0.3, -0.25) is 18.4 Å². The van der Waals surface area contributed by atoms with Crippen LogP contribution in [0.3, 0.4) is 0 Å². The Bertz CT molecular complexity index is 1510. The molecule has 6 nitrogen and oxygen atoms in total. The van der Waals surface area contributed by atoms with E-state index in [1.807, 2.05) is 4.90 Å². The molecule has 0 bridgehead atoms. The highest BCUT2D eigenvalue weighted by Gasteiger charge is 2.54. The molecule has 0 amide bonds. The minimum atomic E-state index is -0.845. The molecule has 0 spiro atoms. The van der Waals surface area contributed by atoms with Crippen molar-refractivity contribution in [3.63, 3.8) is 0 Å². The van der Waals surface area contributed by atoms with E-state index in [-0.39, 0.29) is 38.5 Å². The molecule has 3 N–H and O–H groups in total. The van der Waals surface area contributed by atoms with Crippen LogP contribution in [0.5, 0.6) is 0 Å². The first kappa shape index (κ1) is 18.6. The molecule has 158 valence electrons. The van der Waals surface area contributed by atoms with Crippen LogP contribution in [-0.4, -0.2) is 27.9 Å².